The van der Waals surface area contributed by atoms with Gasteiger partial charge in [0.05, 0.1) is 0 Å². The highest BCUT2D eigenvalue weighted by atomic mass is 32.2. The average molecular weight is 277 g/mol. The smallest absolute Gasteiger partial charge is 0.189 e. The SMILES string of the molecule is C=C/C=C(\C=C)S/C=C/c1cnc(SC)nc1N. The van der Waals surface area contributed by atoms with E-state index in [0.717, 1.165) is 10.5 Å². The molecule has 0 bridgehead atoms. The van der Waals surface area contributed by atoms with Gasteiger partial charge in [-0.05, 0) is 23.8 Å². The van der Waals surface area contributed by atoms with E-state index in [4.69, 9.17) is 5.73 Å². The van der Waals surface area contributed by atoms with Gasteiger partial charge in [-0.1, -0.05) is 48.8 Å². The molecule has 3 nitrogen and oxygen atoms in total. The lowest BCUT2D eigenvalue weighted by molar-refractivity contribution is 0.975. The largest absolute Gasteiger partial charge is 0.383 e. The van der Waals surface area contributed by atoms with E-state index >= 15 is 0 Å². The predicted molar refractivity (Wildman–Crippen MR) is 83.3 cm³/mol. The molecule has 0 spiro atoms. The lowest BCUT2D eigenvalue weighted by Crippen LogP contribution is -1.96. The minimum Gasteiger partial charge on any atom is -0.383 e. The minimum absolute atomic E-state index is 0.485. The fourth-order valence-corrected chi connectivity index (χ4v) is 2.06. The van der Waals surface area contributed by atoms with E-state index in [1.165, 1.54) is 23.5 Å². The molecule has 0 aliphatic carbocycles. The van der Waals surface area contributed by atoms with E-state index in [2.05, 4.69) is 23.1 Å². The van der Waals surface area contributed by atoms with E-state index in [9.17, 15) is 0 Å². The Labute approximate surface area is 116 Å². The van der Waals surface area contributed by atoms with Gasteiger partial charge >= 0.3 is 0 Å². The molecule has 0 aromatic carbocycles. The Morgan fingerprint density at radius 2 is 2.22 bits per heavy atom. The van der Waals surface area contributed by atoms with Gasteiger partial charge in [0.15, 0.2) is 5.16 Å². The van der Waals surface area contributed by atoms with Crippen molar-refractivity contribution >= 4 is 35.4 Å². The number of nitrogens with zero attached hydrogens (tertiary/aromatic N) is 2. The second-order valence-corrected chi connectivity index (χ2v) is 4.88. The number of aromatic nitrogens is 2. The van der Waals surface area contributed by atoms with Crippen molar-refractivity contribution in [3.8, 4) is 0 Å². The van der Waals surface area contributed by atoms with Gasteiger partial charge in [-0.3, -0.25) is 0 Å². The maximum absolute atomic E-state index is 5.83. The average Bonchev–Trinajstić information content (AvgIpc) is 2.39. The number of nitrogens with two attached hydrogens (primary N) is 1. The molecule has 94 valence electrons. The third-order valence-electron chi connectivity index (χ3n) is 1.94. The van der Waals surface area contributed by atoms with Crippen LogP contribution >= 0.6 is 23.5 Å². The van der Waals surface area contributed by atoms with Gasteiger partial charge in [-0.2, -0.15) is 0 Å². The molecule has 1 aromatic rings. The number of allylic oxidation sites excluding steroid dienone is 3. The first kappa shape index (κ1) is 14.6. The summed E-state index contributed by atoms with van der Waals surface area (Å²) in [5, 5.41) is 2.60. The van der Waals surface area contributed by atoms with Crippen LogP contribution < -0.4 is 5.73 Å². The molecule has 2 N–H and O–H groups in total. The van der Waals surface area contributed by atoms with Crippen LogP contribution in [0.15, 0.2) is 53.1 Å². The van der Waals surface area contributed by atoms with E-state index in [-0.39, 0.29) is 0 Å². The van der Waals surface area contributed by atoms with Gasteiger partial charge in [-0.15, -0.1) is 0 Å². The van der Waals surface area contributed by atoms with Gasteiger partial charge in [-0.25, -0.2) is 9.97 Å². The standard InChI is InChI=1S/C13H15N3S2/c1-4-6-11(5-2)18-8-7-10-9-15-13(17-3)16-12(10)14/h4-9H,1-2H2,3H3,(H2,14,15,16)/b8-7+,11-6+. The molecule has 0 radical (unpaired) electrons. The Morgan fingerprint density at radius 1 is 1.44 bits per heavy atom. The van der Waals surface area contributed by atoms with Crippen molar-refractivity contribution in [2.45, 2.75) is 5.16 Å². The van der Waals surface area contributed by atoms with Gasteiger partial charge < -0.3 is 5.73 Å². The molecule has 0 saturated heterocycles. The molecule has 0 unspecified atom stereocenters. The fraction of sp³-hybridized carbons (Fsp3) is 0.0769. The van der Waals surface area contributed by atoms with Crippen molar-refractivity contribution in [1.29, 1.82) is 0 Å². The van der Waals surface area contributed by atoms with E-state index in [1.807, 2.05) is 23.8 Å². The summed E-state index contributed by atoms with van der Waals surface area (Å²) in [4.78, 5) is 9.35. The topological polar surface area (TPSA) is 51.8 Å². The maximum atomic E-state index is 5.83. The predicted octanol–water partition coefficient (Wildman–Crippen LogP) is 3.74. The zero-order chi connectivity index (χ0) is 13.4. The molecular weight excluding hydrogens is 262 g/mol. The highest BCUT2D eigenvalue weighted by Crippen LogP contribution is 2.21. The van der Waals surface area contributed by atoms with Crippen LogP contribution in [0, 0.1) is 0 Å². The van der Waals surface area contributed by atoms with Crippen LogP contribution in [0.25, 0.3) is 6.08 Å². The Bertz CT molecular complexity index is 493. The molecule has 0 saturated carbocycles. The van der Waals surface area contributed by atoms with Crippen molar-refractivity contribution in [1.82, 2.24) is 9.97 Å². The quantitative estimate of drug-likeness (QED) is 0.487. The number of thioether (sulfide) groups is 2. The number of rotatable bonds is 6. The summed E-state index contributed by atoms with van der Waals surface area (Å²) < 4.78 is 0. The van der Waals surface area contributed by atoms with E-state index in [0.29, 0.717) is 11.0 Å². The van der Waals surface area contributed by atoms with Crippen molar-refractivity contribution in [2.75, 3.05) is 12.0 Å². The summed E-state index contributed by atoms with van der Waals surface area (Å²) in [7, 11) is 0. The van der Waals surface area contributed by atoms with Crippen LogP contribution in [-0.2, 0) is 0 Å². The summed E-state index contributed by atoms with van der Waals surface area (Å²) in [6.07, 6.45) is 10.9. The highest BCUT2D eigenvalue weighted by Gasteiger charge is 2.00. The van der Waals surface area contributed by atoms with Crippen LogP contribution in [0.5, 0.6) is 0 Å². The fourth-order valence-electron chi connectivity index (χ4n) is 1.07. The Morgan fingerprint density at radius 3 is 2.78 bits per heavy atom. The van der Waals surface area contributed by atoms with Crippen LogP contribution in [0.2, 0.25) is 0 Å². The summed E-state index contributed by atoms with van der Waals surface area (Å²) in [5.41, 5.74) is 6.64. The first-order valence-electron chi connectivity index (χ1n) is 5.16. The number of hydrogen-bond donors (Lipinski definition) is 1. The zero-order valence-electron chi connectivity index (χ0n) is 10.2. The number of hydrogen-bond acceptors (Lipinski definition) is 5. The van der Waals surface area contributed by atoms with Crippen molar-refractivity contribution in [2.24, 2.45) is 0 Å². The first-order valence-corrected chi connectivity index (χ1v) is 7.26. The molecule has 0 aliphatic heterocycles. The second-order valence-electron chi connectivity index (χ2n) is 3.13. The van der Waals surface area contributed by atoms with Gasteiger partial charge in [0.1, 0.15) is 5.82 Å². The van der Waals surface area contributed by atoms with Crippen molar-refractivity contribution in [3.05, 3.63) is 53.5 Å². The molecule has 1 rings (SSSR count). The Kier molecular flexibility index (Phi) is 6.32. The molecule has 1 heterocycles. The van der Waals surface area contributed by atoms with Crippen LogP contribution in [-0.4, -0.2) is 16.2 Å². The van der Waals surface area contributed by atoms with Crippen molar-refractivity contribution < 1.29 is 0 Å². The molecule has 0 amide bonds. The normalized spacial score (nSPS) is 11.7. The molecule has 0 atom stereocenters. The molecular formula is C13H15N3S2. The van der Waals surface area contributed by atoms with Gasteiger partial charge in [0, 0.05) is 16.7 Å². The summed E-state index contributed by atoms with van der Waals surface area (Å²) in [6.45, 7) is 7.37. The zero-order valence-corrected chi connectivity index (χ0v) is 11.8. The third kappa shape index (κ3) is 4.43. The van der Waals surface area contributed by atoms with Gasteiger partial charge in [0.25, 0.3) is 0 Å². The monoisotopic (exact) mass is 277 g/mol. The van der Waals surface area contributed by atoms with Crippen molar-refractivity contribution in [3.63, 3.8) is 0 Å². The number of nitrogen functional groups attached to an aromatic ring is 1. The van der Waals surface area contributed by atoms with E-state index < -0.39 is 0 Å². The first-order chi connectivity index (χ1) is 8.71. The Balaban J connectivity index is 2.75. The molecule has 18 heavy (non-hydrogen) atoms. The van der Waals surface area contributed by atoms with Crippen LogP contribution in [0.4, 0.5) is 5.82 Å². The lowest BCUT2D eigenvalue weighted by atomic mass is 10.3. The molecule has 1 aromatic heterocycles. The highest BCUT2D eigenvalue weighted by molar-refractivity contribution is 8.06. The second kappa shape index (κ2) is 7.79. The van der Waals surface area contributed by atoms with Crippen LogP contribution in [0.1, 0.15) is 5.56 Å². The maximum Gasteiger partial charge on any atom is 0.189 e. The lowest BCUT2D eigenvalue weighted by Gasteiger charge is -2.00. The molecule has 0 aliphatic rings. The molecule has 5 heteroatoms. The van der Waals surface area contributed by atoms with Gasteiger partial charge in [0.2, 0.25) is 0 Å². The minimum atomic E-state index is 0.485. The van der Waals surface area contributed by atoms with E-state index in [1.54, 1.807) is 18.3 Å². The Hall–Kier alpha value is -1.46. The molecule has 0 fully saturated rings. The van der Waals surface area contributed by atoms with Crippen LogP contribution in [0.3, 0.4) is 0 Å². The summed E-state index contributed by atoms with van der Waals surface area (Å²) in [5.74, 6) is 0.485. The number of anilines is 1. The third-order valence-corrected chi connectivity index (χ3v) is 3.35. The summed E-state index contributed by atoms with van der Waals surface area (Å²) in [6, 6.07) is 0. The summed E-state index contributed by atoms with van der Waals surface area (Å²) >= 11 is 3.00.